The van der Waals surface area contributed by atoms with Crippen LogP contribution in [0.15, 0.2) is 67.1 Å². The van der Waals surface area contributed by atoms with Crippen LogP contribution < -0.4 is 5.73 Å². The average molecular weight is 428 g/mol. The lowest BCUT2D eigenvalue weighted by molar-refractivity contribution is 0.0996. The highest BCUT2D eigenvalue weighted by atomic mass is 19.1. The second-order valence-electron chi connectivity index (χ2n) is 7.21. The molecule has 0 aliphatic rings. The van der Waals surface area contributed by atoms with Crippen LogP contribution in [0.1, 0.15) is 26.3 Å². The molecule has 156 valence electrons. The monoisotopic (exact) mass is 428 g/mol. The summed E-state index contributed by atoms with van der Waals surface area (Å²) in [6, 6.07) is 13.0. The summed E-state index contributed by atoms with van der Waals surface area (Å²) in [5.74, 6) is -4.39. The third kappa shape index (κ3) is 3.09. The number of fused-ring (bicyclic) bond motifs is 2. The Morgan fingerprint density at radius 3 is 2.59 bits per heavy atom. The average Bonchev–Trinajstić information content (AvgIpc) is 3.21. The molecule has 3 heterocycles. The Balaban J connectivity index is 1.64. The molecular formula is C24H14F2N4O2. The molecule has 32 heavy (non-hydrogen) atoms. The molecule has 0 aliphatic heterocycles. The van der Waals surface area contributed by atoms with Crippen molar-refractivity contribution in [1.29, 1.82) is 0 Å². The smallest absolute Gasteiger partial charge is 0.251 e. The first-order valence-electron chi connectivity index (χ1n) is 9.59. The molecule has 0 saturated heterocycles. The van der Waals surface area contributed by atoms with Crippen LogP contribution in [-0.2, 0) is 0 Å². The second kappa shape index (κ2) is 7.35. The molecule has 3 aromatic heterocycles. The van der Waals surface area contributed by atoms with Crippen molar-refractivity contribution in [2.75, 3.05) is 0 Å². The summed E-state index contributed by atoms with van der Waals surface area (Å²) in [6.07, 6.45) is 4.66. The highest BCUT2D eigenvalue weighted by molar-refractivity contribution is 6.17. The predicted octanol–water partition coefficient (Wildman–Crippen LogP) is 4.39. The van der Waals surface area contributed by atoms with Crippen molar-refractivity contribution in [3.8, 4) is 11.1 Å². The Hall–Kier alpha value is -4.46. The van der Waals surface area contributed by atoms with E-state index in [0.717, 1.165) is 28.6 Å². The van der Waals surface area contributed by atoms with E-state index < -0.39 is 34.5 Å². The van der Waals surface area contributed by atoms with Crippen LogP contribution in [-0.4, -0.2) is 26.6 Å². The number of H-pyrrole nitrogens is 1. The number of aromatic amines is 1. The van der Waals surface area contributed by atoms with Gasteiger partial charge in [-0.15, -0.1) is 0 Å². The zero-order valence-corrected chi connectivity index (χ0v) is 16.4. The van der Waals surface area contributed by atoms with Gasteiger partial charge in [0, 0.05) is 40.5 Å². The summed E-state index contributed by atoms with van der Waals surface area (Å²) in [6.45, 7) is 0. The Morgan fingerprint density at radius 1 is 0.938 bits per heavy atom. The molecule has 0 unspecified atom stereocenters. The molecule has 5 aromatic rings. The van der Waals surface area contributed by atoms with E-state index in [-0.39, 0.29) is 5.56 Å². The molecule has 0 fully saturated rings. The van der Waals surface area contributed by atoms with E-state index in [1.807, 2.05) is 30.3 Å². The van der Waals surface area contributed by atoms with Gasteiger partial charge in [-0.3, -0.25) is 14.6 Å². The minimum Gasteiger partial charge on any atom is -0.366 e. The van der Waals surface area contributed by atoms with Gasteiger partial charge in [0.1, 0.15) is 17.3 Å². The van der Waals surface area contributed by atoms with Gasteiger partial charge in [0.25, 0.3) is 5.91 Å². The number of amides is 1. The fraction of sp³-hybridized carbons (Fsp3) is 0. The van der Waals surface area contributed by atoms with E-state index in [1.165, 1.54) is 6.20 Å². The Kier molecular flexibility index (Phi) is 4.48. The Bertz CT molecular complexity index is 1560. The molecule has 0 saturated carbocycles. The SMILES string of the molecule is NC(=O)c1ccc(F)c(C(=O)c2c[nH]c3ncc(-c4ccc5cccnc5c4)cc23)c1F. The zero-order valence-electron chi connectivity index (χ0n) is 16.4. The lowest BCUT2D eigenvalue weighted by Crippen LogP contribution is -2.17. The summed E-state index contributed by atoms with van der Waals surface area (Å²) >= 11 is 0. The molecule has 3 N–H and O–H groups in total. The number of halogens is 2. The van der Waals surface area contributed by atoms with E-state index in [4.69, 9.17) is 5.73 Å². The highest BCUT2D eigenvalue weighted by Gasteiger charge is 2.25. The molecule has 0 atom stereocenters. The first-order chi connectivity index (χ1) is 15.4. The van der Waals surface area contributed by atoms with Crippen LogP contribution >= 0.6 is 0 Å². The van der Waals surface area contributed by atoms with Gasteiger partial charge < -0.3 is 10.7 Å². The van der Waals surface area contributed by atoms with Gasteiger partial charge in [0.05, 0.1) is 16.6 Å². The van der Waals surface area contributed by atoms with Crippen molar-refractivity contribution in [3.05, 3.63) is 95.4 Å². The number of nitrogens with one attached hydrogen (secondary N) is 1. The number of aromatic nitrogens is 3. The van der Waals surface area contributed by atoms with Crippen molar-refractivity contribution >= 4 is 33.6 Å². The first-order valence-corrected chi connectivity index (χ1v) is 9.59. The standard InChI is InChI=1S/C24H14F2N4O2/c25-18-6-5-15(23(27)32)21(26)20(18)22(31)17-11-30-24-16(17)8-14(10-29-24)13-4-3-12-2-1-7-28-19(12)9-13/h1-11H,(H2,27,32)(H,29,30). The lowest BCUT2D eigenvalue weighted by atomic mass is 9.98. The topological polar surface area (TPSA) is 102 Å². The number of carbonyl (C=O) groups is 2. The van der Waals surface area contributed by atoms with Crippen LogP contribution in [0.3, 0.4) is 0 Å². The molecule has 8 heteroatoms. The van der Waals surface area contributed by atoms with E-state index in [1.54, 1.807) is 18.5 Å². The van der Waals surface area contributed by atoms with Crippen molar-refractivity contribution in [3.63, 3.8) is 0 Å². The van der Waals surface area contributed by atoms with Crippen molar-refractivity contribution in [2.24, 2.45) is 5.73 Å². The number of ketones is 1. The van der Waals surface area contributed by atoms with Crippen molar-refractivity contribution < 1.29 is 18.4 Å². The minimum atomic E-state index is -1.29. The van der Waals surface area contributed by atoms with Crippen molar-refractivity contribution in [1.82, 2.24) is 15.0 Å². The van der Waals surface area contributed by atoms with E-state index in [2.05, 4.69) is 15.0 Å². The lowest BCUT2D eigenvalue weighted by Gasteiger charge is -2.07. The number of primary amides is 1. The molecule has 1 amide bonds. The van der Waals surface area contributed by atoms with E-state index in [0.29, 0.717) is 16.6 Å². The molecule has 0 aliphatic carbocycles. The van der Waals surface area contributed by atoms with Gasteiger partial charge in [0.2, 0.25) is 5.78 Å². The summed E-state index contributed by atoms with van der Waals surface area (Å²) in [7, 11) is 0. The minimum absolute atomic E-state index is 0.0210. The molecule has 0 radical (unpaired) electrons. The number of carbonyl (C=O) groups excluding carboxylic acids is 2. The number of pyridine rings is 2. The molecule has 0 bridgehead atoms. The molecular weight excluding hydrogens is 414 g/mol. The van der Waals surface area contributed by atoms with Gasteiger partial charge in [-0.25, -0.2) is 13.8 Å². The Labute approximate surface area is 179 Å². The third-order valence-electron chi connectivity index (χ3n) is 5.30. The van der Waals surface area contributed by atoms with Gasteiger partial charge in [-0.1, -0.05) is 18.2 Å². The van der Waals surface area contributed by atoms with Crippen LogP contribution in [0.25, 0.3) is 33.1 Å². The van der Waals surface area contributed by atoms with E-state index in [9.17, 15) is 18.4 Å². The molecule has 0 spiro atoms. The maximum absolute atomic E-state index is 14.7. The fourth-order valence-corrected chi connectivity index (χ4v) is 3.68. The fourth-order valence-electron chi connectivity index (χ4n) is 3.68. The predicted molar refractivity (Wildman–Crippen MR) is 115 cm³/mol. The van der Waals surface area contributed by atoms with Crippen LogP contribution in [0.2, 0.25) is 0 Å². The summed E-state index contributed by atoms with van der Waals surface area (Å²) < 4.78 is 29.1. The summed E-state index contributed by atoms with van der Waals surface area (Å²) in [5.41, 5.74) is 6.44. The van der Waals surface area contributed by atoms with Gasteiger partial charge in [0.15, 0.2) is 0 Å². The van der Waals surface area contributed by atoms with Gasteiger partial charge in [-0.05, 0) is 35.9 Å². The van der Waals surface area contributed by atoms with E-state index >= 15 is 0 Å². The Morgan fingerprint density at radius 2 is 1.78 bits per heavy atom. The highest BCUT2D eigenvalue weighted by Crippen LogP contribution is 2.29. The number of nitrogens with two attached hydrogens (primary N) is 1. The van der Waals surface area contributed by atoms with Crippen LogP contribution in [0.4, 0.5) is 8.78 Å². The second-order valence-corrected chi connectivity index (χ2v) is 7.21. The zero-order chi connectivity index (χ0) is 22.4. The third-order valence-corrected chi connectivity index (χ3v) is 5.30. The van der Waals surface area contributed by atoms with Crippen molar-refractivity contribution in [2.45, 2.75) is 0 Å². The molecule has 2 aromatic carbocycles. The quantitative estimate of drug-likeness (QED) is 0.415. The number of hydrogen-bond acceptors (Lipinski definition) is 4. The number of hydrogen-bond donors (Lipinski definition) is 2. The largest absolute Gasteiger partial charge is 0.366 e. The maximum Gasteiger partial charge on any atom is 0.251 e. The normalized spacial score (nSPS) is 11.2. The van der Waals surface area contributed by atoms with Crippen LogP contribution in [0.5, 0.6) is 0 Å². The number of benzene rings is 2. The number of nitrogens with zero attached hydrogens (tertiary/aromatic N) is 2. The van der Waals surface area contributed by atoms with Gasteiger partial charge in [-0.2, -0.15) is 0 Å². The molecule has 6 nitrogen and oxygen atoms in total. The number of rotatable bonds is 4. The van der Waals surface area contributed by atoms with Crippen LogP contribution in [0, 0.1) is 11.6 Å². The summed E-state index contributed by atoms with van der Waals surface area (Å²) in [4.78, 5) is 36.0. The summed E-state index contributed by atoms with van der Waals surface area (Å²) in [5, 5.41) is 1.36. The maximum atomic E-state index is 14.7. The molecule has 5 rings (SSSR count). The van der Waals surface area contributed by atoms with Gasteiger partial charge >= 0.3 is 0 Å². The first kappa shape index (κ1) is 19.5.